The number of hydrogen-bond donors (Lipinski definition) is 0. The summed E-state index contributed by atoms with van der Waals surface area (Å²) in [6.07, 6.45) is 8.74. The Bertz CT molecular complexity index is 1480. The minimum absolute atomic E-state index is 0.113. The third kappa shape index (κ3) is 5.08. The maximum atomic E-state index is 14.0. The van der Waals surface area contributed by atoms with Gasteiger partial charge in [-0.1, -0.05) is 59.3 Å². The number of imide groups is 2. The second kappa shape index (κ2) is 10.2. The van der Waals surface area contributed by atoms with E-state index in [-0.39, 0.29) is 33.7 Å². The quantitative estimate of drug-likeness (QED) is 0.421. The minimum atomic E-state index is -1.38. The summed E-state index contributed by atoms with van der Waals surface area (Å²) >= 11 is 12.1. The highest BCUT2D eigenvalue weighted by atomic mass is 35.5. The van der Waals surface area contributed by atoms with E-state index in [0.29, 0.717) is 10.0 Å². The molecule has 0 spiro atoms. The number of rotatable bonds is 4. The van der Waals surface area contributed by atoms with E-state index < -0.39 is 35.2 Å². The van der Waals surface area contributed by atoms with Crippen LogP contribution >= 0.6 is 23.2 Å². The van der Waals surface area contributed by atoms with Crippen LogP contribution in [-0.2, 0) is 19.1 Å². The van der Waals surface area contributed by atoms with Crippen molar-refractivity contribution in [3.05, 3.63) is 80.8 Å². The summed E-state index contributed by atoms with van der Waals surface area (Å²) in [5.41, 5.74) is -2.86. The smallest absolute Gasteiger partial charge is 0.423 e. The molecule has 0 fully saturated rings. The van der Waals surface area contributed by atoms with Crippen LogP contribution in [0.5, 0.6) is 0 Å². The molecule has 8 nitrogen and oxygen atoms in total. The van der Waals surface area contributed by atoms with Crippen molar-refractivity contribution in [1.82, 2.24) is 9.80 Å². The Morgan fingerprint density at radius 3 is 1.25 bits per heavy atom. The number of ether oxygens (including phenoxy) is 2. The van der Waals surface area contributed by atoms with Crippen LogP contribution in [0.1, 0.15) is 38.8 Å². The molecule has 0 saturated carbocycles. The molecule has 4 rings (SSSR count). The van der Waals surface area contributed by atoms with Gasteiger partial charge in [0.2, 0.25) is 0 Å². The third-order valence-electron chi connectivity index (χ3n) is 5.99. The van der Waals surface area contributed by atoms with Gasteiger partial charge >= 0.3 is 12.2 Å². The molecule has 0 unspecified atom stereocenters. The Hall–Kier alpha value is -4.50. The van der Waals surface area contributed by atoms with Gasteiger partial charge in [0.25, 0.3) is 11.8 Å². The Labute approximate surface area is 241 Å². The van der Waals surface area contributed by atoms with Gasteiger partial charge in [-0.15, -0.1) is 12.8 Å². The Kier molecular flexibility index (Phi) is 7.30. The van der Waals surface area contributed by atoms with Gasteiger partial charge in [-0.3, -0.25) is 9.59 Å². The van der Waals surface area contributed by atoms with E-state index in [2.05, 4.69) is 11.8 Å². The molecule has 40 heavy (non-hydrogen) atoms. The van der Waals surface area contributed by atoms with Crippen molar-refractivity contribution < 1.29 is 28.7 Å². The first-order chi connectivity index (χ1) is 18.7. The van der Waals surface area contributed by atoms with Gasteiger partial charge in [-0.25, -0.2) is 19.4 Å². The highest BCUT2D eigenvalue weighted by Crippen LogP contribution is 2.47. The molecule has 2 aromatic rings. The van der Waals surface area contributed by atoms with E-state index in [1.54, 1.807) is 0 Å². The van der Waals surface area contributed by atoms with E-state index >= 15 is 0 Å². The molecule has 0 aromatic heterocycles. The van der Waals surface area contributed by atoms with Crippen molar-refractivity contribution in [3.8, 4) is 24.7 Å². The van der Waals surface area contributed by atoms with Gasteiger partial charge in [0, 0.05) is 10.0 Å². The maximum Gasteiger partial charge on any atom is 0.423 e. The zero-order chi connectivity index (χ0) is 29.6. The van der Waals surface area contributed by atoms with Crippen LogP contribution in [0.4, 0.5) is 9.59 Å². The summed E-state index contributed by atoms with van der Waals surface area (Å²) in [4.78, 5) is 56.3. The Morgan fingerprint density at radius 1 is 0.675 bits per heavy atom. The van der Waals surface area contributed by atoms with E-state index in [9.17, 15) is 19.2 Å². The lowest BCUT2D eigenvalue weighted by molar-refractivity contribution is -0.123. The fourth-order valence-electron chi connectivity index (χ4n) is 4.00. The zero-order valence-electron chi connectivity index (χ0n) is 21.9. The fourth-order valence-corrected chi connectivity index (χ4v) is 4.25. The van der Waals surface area contributed by atoms with Crippen molar-refractivity contribution in [2.24, 2.45) is 0 Å². The normalized spacial score (nSPS) is 15.2. The van der Waals surface area contributed by atoms with Crippen LogP contribution in [0.3, 0.4) is 0 Å². The van der Waals surface area contributed by atoms with E-state index in [1.165, 1.54) is 76.2 Å². The monoisotopic (exact) mass is 576 g/mol. The van der Waals surface area contributed by atoms with Crippen molar-refractivity contribution >= 4 is 58.6 Å². The number of hydrogen-bond acceptors (Lipinski definition) is 6. The van der Waals surface area contributed by atoms with E-state index in [1.807, 2.05) is 0 Å². The number of nitrogens with zero attached hydrogens (tertiary/aromatic N) is 2. The van der Waals surface area contributed by atoms with Crippen LogP contribution in [0, 0.1) is 24.7 Å². The second-order valence-corrected chi connectivity index (χ2v) is 10.7. The van der Waals surface area contributed by atoms with Gasteiger partial charge in [-0.2, -0.15) is 0 Å². The Morgan fingerprint density at radius 2 is 0.975 bits per heavy atom. The molecular weight excluding hydrogens is 555 g/mol. The van der Waals surface area contributed by atoms with Crippen LogP contribution in [-0.4, -0.2) is 45.0 Å². The average Bonchev–Trinajstić information content (AvgIpc) is 3.36. The van der Waals surface area contributed by atoms with Gasteiger partial charge in [0.05, 0.1) is 22.5 Å². The lowest BCUT2D eigenvalue weighted by Gasteiger charge is -2.27. The van der Waals surface area contributed by atoms with Gasteiger partial charge in [0.15, 0.2) is 11.2 Å². The summed E-state index contributed by atoms with van der Waals surface area (Å²) < 4.78 is 10.8. The second-order valence-electron chi connectivity index (χ2n) is 9.79. The first-order valence-electron chi connectivity index (χ1n) is 11.8. The summed E-state index contributed by atoms with van der Waals surface area (Å²) in [7, 11) is 0. The Balaban J connectivity index is 2.01. The van der Waals surface area contributed by atoms with E-state index in [4.69, 9.17) is 45.5 Å². The van der Waals surface area contributed by atoms with Crippen molar-refractivity contribution in [2.45, 2.75) is 38.9 Å². The summed E-state index contributed by atoms with van der Waals surface area (Å²) in [5.74, 6) is 2.83. The molecule has 2 heterocycles. The molecule has 0 radical (unpaired) electrons. The molecular formula is C30H22Cl2N2O6. The van der Waals surface area contributed by atoms with Crippen molar-refractivity contribution in [1.29, 1.82) is 0 Å². The SMILES string of the molecule is C#CC(C)(C)OC(=O)N1C(=O)C2=C(c3ccc(Cl)cc3)N(C(=O)OC(C)(C)C#C)C(=O)C2=C1c1ccc(Cl)cc1. The fraction of sp³-hybridized carbons (Fsp3) is 0.200. The maximum absolute atomic E-state index is 14.0. The molecule has 0 aliphatic carbocycles. The number of carbonyl (C=O) groups excluding carboxylic acids is 4. The molecule has 202 valence electrons. The molecule has 10 heteroatoms. The van der Waals surface area contributed by atoms with Crippen LogP contribution in [0.2, 0.25) is 10.0 Å². The summed E-state index contributed by atoms with van der Waals surface area (Å²) in [6, 6.07) is 12.2. The molecule has 0 atom stereocenters. The number of fused-ring (bicyclic) bond motifs is 1. The highest BCUT2D eigenvalue weighted by Gasteiger charge is 2.54. The number of carbonyl (C=O) groups is 4. The van der Waals surface area contributed by atoms with Gasteiger partial charge < -0.3 is 9.47 Å². The first-order valence-corrected chi connectivity index (χ1v) is 12.6. The van der Waals surface area contributed by atoms with Gasteiger partial charge in [0.1, 0.15) is 0 Å². The third-order valence-corrected chi connectivity index (χ3v) is 6.49. The lowest BCUT2D eigenvalue weighted by Crippen LogP contribution is -2.40. The molecule has 4 amide bonds. The number of amides is 4. The van der Waals surface area contributed by atoms with Crippen molar-refractivity contribution in [2.75, 3.05) is 0 Å². The van der Waals surface area contributed by atoms with Crippen LogP contribution in [0.25, 0.3) is 11.4 Å². The average molecular weight is 577 g/mol. The van der Waals surface area contributed by atoms with Crippen LogP contribution in [0.15, 0.2) is 59.7 Å². The minimum Gasteiger partial charge on any atom is -0.430 e. The molecule has 2 aliphatic rings. The summed E-state index contributed by atoms with van der Waals surface area (Å²) in [6.45, 7) is 5.87. The molecule has 0 N–H and O–H groups in total. The molecule has 2 aliphatic heterocycles. The molecule has 0 bridgehead atoms. The first kappa shape index (κ1) is 28.5. The largest absolute Gasteiger partial charge is 0.430 e. The molecule has 2 aromatic carbocycles. The lowest BCUT2D eigenvalue weighted by atomic mass is 10.0. The number of benzene rings is 2. The predicted molar refractivity (Wildman–Crippen MR) is 149 cm³/mol. The van der Waals surface area contributed by atoms with Crippen LogP contribution < -0.4 is 0 Å². The van der Waals surface area contributed by atoms with Gasteiger partial charge in [-0.05, 0) is 63.1 Å². The van der Waals surface area contributed by atoms with Crippen molar-refractivity contribution in [3.63, 3.8) is 0 Å². The standard InChI is InChI=1S/C30H22Cl2N2O6/c1-7-29(3,4)39-27(37)33-23(17-9-13-19(31)14-10-17)21-22(25(33)35)24(18-11-15-20(32)16-12-18)34(26(21)36)28(38)40-30(5,6)8-2/h1-2,9-16H,3-6H3. The topological polar surface area (TPSA) is 93.2 Å². The predicted octanol–water partition coefficient (Wildman–Crippen LogP) is 5.90. The number of halogens is 2. The van der Waals surface area contributed by atoms with E-state index in [0.717, 1.165) is 9.80 Å². The highest BCUT2D eigenvalue weighted by molar-refractivity contribution is 6.36. The molecule has 0 saturated heterocycles. The zero-order valence-corrected chi connectivity index (χ0v) is 23.4. The summed E-state index contributed by atoms with van der Waals surface area (Å²) in [5, 5.41) is 0.747. The number of terminal acetylenes is 2.